The number of hydrogen-bond acceptors (Lipinski definition) is 5. The summed E-state index contributed by atoms with van der Waals surface area (Å²) in [4.78, 5) is 12.9. The van der Waals surface area contributed by atoms with Gasteiger partial charge in [-0.05, 0) is 67.1 Å². The van der Waals surface area contributed by atoms with Crippen LogP contribution in [0, 0.1) is 18.3 Å². The summed E-state index contributed by atoms with van der Waals surface area (Å²) in [7, 11) is -3.74. The molecule has 3 aromatic rings. The zero-order chi connectivity index (χ0) is 24.0. The van der Waals surface area contributed by atoms with Crippen molar-refractivity contribution in [3.8, 4) is 17.6 Å². The summed E-state index contributed by atoms with van der Waals surface area (Å²) in [5, 5.41) is 11.7. The maximum atomic E-state index is 13.0. The summed E-state index contributed by atoms with van der Waals surface area (Å²) in [6.07, 6.45) is 0. The third-order valence-electron chi connectivity index (χ3n) is 5.04. The van der Waals surface area contributed by atoms with Crippen molar-refractivity contribution in [2.75, 3.05) is 18.4 Å². The molecule has 1 amide bonds. The molecule has 0 aromatic heterocycles. The molecule has 7 nitrogen and oxygen atoms in total. The lowest BCUT2D eigenvalue weighted by molar-refractivity contribution is 0.102. The molecule has 0 unspecified atom stereocenters. The van der Waals surface area contributed by atoms with Gasteiger partial charge in [0.15, 0.2) is 5.75 Å². The lowest BCUT2D eigenvalue weighted by Gasteiger charge is -2.20. The summed E-state index contributed by atoms with van der Waals surface area (Å²) < 4.78 is 33.4. The lowest BCUT2D eigenvalue weighted by atomic mass is 10.1. The highest BCUT2D eigenvalue weighted by Gasteiger charge is 2.23. The molecule has 170 valence electrons. The second-order valence-electron chi connectivity index (χ2n) is 7.31. The van der Waals surface area contributed by atoms with Gasteiger partial charge in [-0.15, -0.1) is 0 Å². The number of carbonyl (C=O) groups is 1. The Labute approximate surface area is 194 Å². The van der Waals surface area contributed by atoms with Crippen molar-refractivity contribution in [3.05, 3.63) is 83.4 Å². The van der Waals surface area contributed by atoms with Gasteiger partial charge in [-0.3, -0.25) is 4.79 Å². The lowest BCUT2D eigenvalue weighted by Crippen LogP contribution is -2.30. The van der Waals surface area contributed by atoms with Crippen LogP contribution in [-0.2, 0) is 10.0 Å². The Balaban J connectivity index is 2.02. The van der Waals surface area contributed by atoms with Gasteiger partial charge < -0.3 is 10.1 Å². The Morgan fingerprint density at radius 1 is 1.03 bits per heavy atom. The van der Waals surface area contributed by atoms with Gasteiger partial charge in [-0.2, -0.15) is 9.57 Å². The van der Waals surface area contributed by atoms with E-state index in [-0.39, 0.29) is 10.6 Å². The molecule has 0 saturated heterocycles. The summed E-state index contributed by atoms with van der Waals surface area (Å²) in [6, 6.07) is 20.0. The number of anilines is 1. The smallest absolute Gasteiger partial charge is 0.255 e. The van der Waals surface area contributed by atoms with Gasteiger partial charge in [0, 0.05) is 18.7 Å². The molecular weight excluding hydrogens is 438 g/mol. The third kappa shape index (κ3) is 5.58. The molecule has 0 aliphatic rings. The zero-order valence-electron chi connectivity index (χ0n) is 18.7. The van der Waals surface area contributed by atoms with E-state index in [9.17, 15) is 13.2 Å². The molecule has 0 heterocycles. The van der Waals surface area contributed by atoms with Crippen LogP contribution in [0.2, 0.25) is 0 Å². The first kappa shape index (κ1) is 24.0. The van der Waals surface area contributed by atoms with E-state index in [2.05, 4.69) is 5.32 Å². The first-order valence-corrected chi connectivity index (χ1v) is 11.9. The molecule has 3 aromatic carbocycles. The normalized spacial score (nSPS) is 11.1. The van der Waals surface area contributed by atoms with Crippen molar-refractivity contribution in [2.24, 2.45) is 0 Å². The van der Waals surface area contributed by atoms with E-state index in [4.69, 9.17) is 10.00 Å². The van der Waals surface area contributed by atoms with E-state index in [1.807, 2.05) is 31.2 Å². The van der Waals surface area contributed by atoms with Crippen molar-refractivity contribution < 1.29 is 17.9 Å². The van der Waals surface area contributed by atoms with Crippen LogP contribution in [-0.4, -0.2) is 31.7 Å². The van der Waals surface area contributed by atoms with Crippen LogP contribution >= 0.6 is 0 Å². The van der Waals surface area contributed by atoms with Crippen molar-refractivity contribution in [1.29, 1.82) is 5.26 Å². The number of hydrogen-bond donors (Lipinski definition) is 1. The molecule has 0 fully saturated rings. The van der Waals surface area contributed by atoms with Crippen LogP contribution < -0.4 is 10.1 Å². The first-order valence-electron chi connectivity index (χ1n) is 10.5. The molecule has 1 N–H and O–H groups in total. The molecule has 0 aliphatic heterocycles. The Morgan fingerprint density at radius 2 is 1.73 bits per heavy atom. The summed E-state index contributed by atoms with van der Waals surface area (Å²) in [5.41, 5.74) is 1.98. The summed E-state index contributed by atoms with van der Waals surface area (Å²) >= 11 is 0. The molecule has 33 heavy (non-hydrogen) atoms. The van der Waals surface area contributed by atoms with E-state index in [1.54, 1.807) is 32.0 Å². The fourth-order valence-electron chi connectivity index (χ4n) is 3.27. The van der Waals surface area contributed by atoms with Crippen LogP contribution in [0.15, 0.2) is 71.6 Å². The van der Waals surface area contributed by atoms with Crippen molar-refractivity contribution in [2.45, 2.75) is 25.7 Å². The van der Waals surface area contributed by atoms with Crippen molar-refractivity contribution in [3.63, 3.8) is 0 Å². The van der Waals surface area contributed by atoms with Gasteiger partial charge in [0.25, 0.3) is 5.91 Å². The van der Waals surface area contributed by atoms with Gasteiger partial charge in [0.05, 0.1) is 22.2 Å². The Morgan fingerprint density at radius 3 is 2.33 bits per heavy atom. The van der Waals surface area contributed by atoms with Crippen molar-refractivity contribution >= 4 is 21.6 Å². The SMILES string of the molecule is CCN(CC)S(=O)(=O)c1ccc(Oc2cccc(C)c2)c(NC(=O)c2ccc(C#N)cc2)c1. The highest BCUT2D eigenvalue weighted by Crippen LogP contribution is 2.33. The van der Waals surface area contributed by atoms with Gasteiger partial charge in [-0.25, -0.2) is 8.42 Å². The molecular formula is C25H25N3O4S. The number of rotatable bonds is 8. The number of ether oxygens (including phenoxy) is 1. The van der Waals surface area contributed by atoms with Crippen LogP contribution in [0.25, 0.3) is 0 Å². The summed E-state index contributed by atoms with van der Waals surface area (Å²) in [6.45, 7) is 6.12. The average Bonchev–Trinajstić information content (AvgIpc) is 2.80. The zero-order valence-corrected chi connectivity index (χ0v) is 19.5. The van der Waals surface area contributed by atoms with Crippen LogP contribution in [0.4, 0.5) is 5.69 Å². The highest BCUT2D eigenvalue weighted by atomic mass is 32.2. The Bertz CT molecular complexity index is 1290. The molecule has 8 heteroatoms. The number of nitriles is 1. The minimum Gasteiger partial charge on any atom is -0.455 e. The number of nitrogens with one attached hydrogen (secondary N) is 1. The number of amides is 1. The number of sulfonamides is 1. The first-order chi connectivity index (χ1) is 15.8. The van der Waals surface area contributed by atoms with Gasteiger partial charge in [0.2, 0.25) is 10.0 Å². The predicted octanol–water partition coefficient (Wildman–Crippen LogP) is 4.94. The van der Waals surface area contributed by atoms with Crippen LogP contribution in [0.1, 0.15) is 35.3 Å². The monoisotopic (exact) mass is 463 g/mol. The van der Waals surface area contributed by atoms with Gasteiger partial charge >= 0.3 is 0 Å². The second-order valence-corrected chi connectivity index (χ2v) is 9.25. The number of benzene rings is 3. The fraction of sp³-hybridized carbons (Fsp3) is 0.200. The third-order valence-corrected chi connectivity index (χ3v) is 7.08. The minimum atomic E-state index is -3.74. The molecule has 3 rings (SSSR count). The highest BCUT2D eigenvalue weighted by molar-refractivity contribution is 7.89. The maximum Gasteiger partial charge on any atom is 0.255 e. The topological polar surface area (TPSA) is 99.5 Å². The van der Waals surface area contributed by atoms with E-state index < -0.39 is 15.9 Å². The molecule has 0 atom stereocenters. The van der Waals surface area contributed by atoms with E-state index in [1.165, 1.54) is 34.6 Å². The average molecular weight is 464 g/mol. The molecule has 0 radical (unpaired) electrons. The van der Waals surface area contributed by atoms with Gasteiger partial charge in [0.1, 0.15) is 5.75 Å². The van der Waals surface area contributed by atoms with Crippen LogP contribution in [0.3, 0.4) is 0 Å². The predicted molar refractivity (Wildman–Crippen MR) is 127 cm³/mol. The minimum absolute atomic E-state index is 0.0536. The van der Waals surface area contributed by atoms with E-state index in [0.29, 0.717) is 35.7 Å². The molecule has 0 saturated carbocycles. The van der Waals surface area contributed by atoms with Crippen LogP contribution in [0.5, 0.6) is 11.5 Å². The van der Waals surface area contributed by atoms with E-state index in [0.717, 1.165) is 5.56 Å². The summed E-state index contributed by atoms with van der Waals surface area (Å²) in [5.74, 6) is 0.412. The molecule has 0 bridgehead atoms. The number of nitrogens with zero attached hydrogens (tertiary/aromatic N) is 2. The number of aryl methyl sites for hydroxylation is 1. The molecule has 0 aliphatic carbocycles. The second kappa shape index (κ2) is 10.3. The molecule has 0 spiro atoms. The Hall–Kier alpha value is -3.67. The standard InChI is InChI=1S/C25H25N3O4S/c1-4-28(5-2)33(30,31)22-13-14-24(32-21-8-6-7-18(3)15-21)23(16-22)27-25(29)20-11-9-19(17-26)10-12-20/h6-16H,4-5H2,1-3H3,(H,27,29). The maximum absolute atomic E-state index is 13.0. The fourth-order valence-corrected chi connectivity index (χ4v) is 4.75. The van der Waals surface area contributed by atoms with E-state index >= 15 is 0 Å². The largest absolute Gasteiger partial charge is 0.455 e. The van der Waals surface area contributed by atoms with Gasteiger partial charge in [-0.1, -0.05) is 26.0 Å². The quantitative estimate of drug-likeness (QED) is 0.510. The van der Waals surface area contributed by atoms with Crippen molar-refractivity contribution in [1.82, 2.24) is 4.31 Å². The number of carbonyl (C=O) groups excluding carboxylic acids is 1. The Kier molecular flexibility index (Phi) is 7.48.